The van der Waals surface area contributed by atoms with Crippen LogP contribution in [0.2, 0.25) is 5.82 Å². The lowest BCUT2D eigenvalue weighted by Gasteiger charge is -2.44. The molecule has 0 unspecified atom stereocenters. The number of amides is 2. The van der Waals surface area contributed by atoms with Crippen LogP contribution in [-0.2, 0) is 35.1 Å². The van der Waals surface area contributed by atoms with Gasteiger partial charge in [0.2, 0.25) is 5.91 Å². The van der Waals surface area contributed by atoms with Gasteiger partial charge in [0.15, 0.2) is 5.60 Å². The highest BCUT2D eigenvalue weighted by molar-refractivity contribution is 7.13. The fourth-order valence-corrected chi connectivity index (χ4v) is 7.77. The van der Waals surface area contributed by atoms with Crippen molar-refractivity contribution in [2.75, 3.05) is 20.2 Å². The molecule has 15 heteroatoms. The van der Waals surface area contributed by atoms with Crippen molar-refractivity contribution in [2.45, 2.75) is 122 Å². The molecule has 0 N–H and O–H groups in total. The summed E-state index contributed by atoms with van der Waals surface area (Å²) in [6.07, 6.45) is 4.14. The number of ether oxygens (including phenoxy) is 3. The number of esters is 1. The molecule has 8 atom stereocenters. The number of rotatable bonds is 8. The number of carbonyl (C=O) groups excluding carboxylic acids is 4. The van der Waals surface area contributed by atoms with Crippen molar-refractivity contribution in [3.05, 3.63) is 17.8 Å². The van der Waals surface area contributed by atoms with Crippen LogP contribution in [0.1, 0.15) is 80.6 Å². The highest BCUT2D eigenvalue weighted by atomic mass is 32.1. The number of ketones is 1. The molecule has 0 aromatic carbocycles. The number of thiazole rings is 1. The Bertz CT molecular complexity index is 1440. The molecule has 4 rings (SSSR count). The molecule has 2 aliphatic heterocycles. The molecule has 2 aromatic rings. The average molecular weight is 685 g/mol. The van der Waals surface area contributed by atoms with Gasteiger partial charge < -0.3 is 19.1 Å². The standard InChI is InChI=1S/C33H49BN6O7S/c1-9-27-33(7)28(39(31(44)47-33)14-11-10-13-38-19-24(36-37-38)29-35-12-15-48-29)22(4)40(23(5)41)18-20(2)17-32(6,45-8)26(34)16-25(42)21(3)30(43)46-27/h12,15,19-22,26-28H,9-11,13-14,16-18H2,1-8H3/t20-,21-,22-,26-,27-,28-,32-,33-/m1/s1. The van der Waals surface area contributed by atoms with Gasteiger partial charge in [-0.2, -0.15) is 0 Å². The Morgan fingerprint density at radius 2 is 1.88 bits per heavy atom. The zero-order valence-corrected chi connectivity index (χ0v) is 30.2. The Labute approximate surface area is 288 Å². The lowest BCUT2D eigenvalue weighted by atomic mass is 9.67. The molecular weight excluding hydrogens is 635 g/mol. The summed E-state index contributed by atoms with van der Waals surface area (Å²) in [5.41, 5.74) is -1.50. The third-order valence-corrected chi connectivity index (χ3v) is 10.9. The average Bonchev–Trinajstić information content (AvgIpc) is 3.79. The van der Waals surface area contributed by atoms with Crippen LogP contribution < -0.4 is 0 Å². The Morgan fingerprint density at radius 1 is 1.17 bits per heavy atom. The van der Waals surface area contributed by atoms with Crippen LogP contribution in [0.4, 0.5) is 4.79 Å². The Kier molecular flexibility index (Phi) is 12.1. The monoisotopic (exact) mass is 684 g/mol. The van der Waals surface area contributed by atoms with Crippen molar-refractivity contribution in [2.24, 2.45) is 11.8 Å². The summed E-state index contributed by atoms with van der Waals surface area (Å²) in [6, 6.07) is -1.18. The molecule has 13 nitrogen and oxygen atoms in total. The minimum atomic E-state index is -1.31. The van der Waals surface area contributed by atoms with Crippen molar-refractivity contribution in [3.8, 4) is 10.7 Å². The first-order valence-electron chi connectivity index (χ1n) is 16.8. The predicted octanol–water partition coefficient (Wildman–Crippen LogP) is 4.32. The van der Waals surface area contributed by atoms with E-state index in [4.69, 9.17) is 22.1 Å². The smallest absolute Gasteiger partial charge is 0.410 e. The van der Waals surface area contributed by atoms with E-state index >= 15 is 0 Å². The second-order valence-corrected chi connectivity index (χ2v) is 14.6. The van der Waals surface area contributed by atoms with E-state index in [1.54, 1.807) is 34.7 Å². The minimum Gasteiger partial charge on any atom is -0.458 e. The number of carbonyl (C=O) groups is 4. The molecule has 48 heavy (non-hydrogen) atoms. The maximum Gasteiger partial charge on any atom is 0.410 e. The molecule has 0 aliphatic carbocycles. The third-order valence-electron chi connectivity index (χ3n) is 10.1. The van der Waals surface area contributed by atoms with E-state index in [1.165, 1.54) is 25.2 Å². The molecule has 262 valence electrons. The van der Waals surface area contributed by atoms with E-state index in [0.29, 0.717) is 51.0 Å². The van der Waals surface area contributed by atoms with E-state index in [9.17, 15) is 19.2 Å². The normalized spacial score (nSPS) is 32.3. The van der Waals surface area contributed by atoms with Crippen molar-refractivity contribution in [1.82, 2.24) is 29.8 Å². The Hall–Kier alpha value is -3.33. The van der Waals surface area contributed by atoms with Crippen molar-refractivity contribution in [3.63, 3.8) is 0 Å². The van der Waals surface area contributed by atoms with Gasteiger partial charge in [-0.15, -0.1) is 16.4 Å². The molecule has 0 bridgehead atoms. The van der Waals surface area contributed by atoms with Gasteiger partial charge in [-0.25, -0.2) is 9.78 Å². The van der Waals surface area contributed by atoms with E-state index in [2.05, 4.69) is 15.3 Å². The summed E-state index contributed by atoms with van der Waals surface area (Å²) in [4.78, 5) is 61.4. The van der Waals surface area contributed by atoms with Gasteiger partial charge in [-0.05, 0) is 65.1 Å². The molecule has 2 amide bonds. The van der Waals surface area contributed by atoms with Crippen LogP contribution in [0.3, 0.4) is 0 Å². The minimum absolute atomic E-state index is 0.0829. The number of cyclic esters (lactones) is 1. The topological polar surface area (TPSA) is 146 Å². The number of aromatic nitrogens is 4. The molecule has 2 saturated heterocycles. The first-order valence-corrected chi connectivity index (χ1v) is 17.6. The van der Waals surface area contributed by atoms with Gasteiger partial charge >= 0.3 is 12.1 Å². The highest BCUT2D eigenvalue weighted by Gasteiger charge is 2.59. The third kappa shape index (κ3) is 7.93. The lowest BCUT2D eigenvalue weighted by molar-refractivity contribution is -0.171. The second kappa shape index (κ2) is 15.5. The summed E-state index contributed by atoms with van der Waals surface area (Å²) in [5.74, 6) is -3.09. The van der Waals surface area contributed by atoms with Crippen molar-refractivity contribution < 1.29 is 33.4 Å². The maximum atomic E-state index is 13.7. The first-order chi connectivity index (χ1) is 22.6. The van der Waals surface area contributed by atoms with Gasteiger partial charge in [0.25, 0.3) is 0 Å². The van der Waals surface area contributed by atoms with E-state index < -0.39 is 53.2 Å². The number of methoxy groups -OCH3 is 1. The predicted molar refractivity (Wildman–Crippen MR) is 180 cm³/mol. The van der Waals surface area contributed by atoms with E-state index in [0.717, 1.165) is 5.01 Å². The number of Topliss-reactive ketones (excluding diaryl/α,β-unsaturated/α-hetero) is 1. The largest absolute Gasteiger partial charge is 0.458 e. The SMILES string of the molecule is [B][C@@H]1CC(=O)[C@@H](C)C(=O)O[C@H](CC)[C@@]2(C)OC(=O)N(CCCCn3cc(-c4nccs4)nn3)[C@@H]2[C@@H](C)N(C(C)=O)C[C@H](C)C[C@@]1(C)OC. The van der Waals surface area contributed by atoms with Gasteiger partial charge in [0.05, 0.1) is 31.7 Å². The molecule has 2 fully saturated rings. The molecule has 2 radical (unpaired) electrons. The zero-order chi connectivity index (χ0) is 35.4. The van der Waals surface area contributed by atoms with Gasteiger partial charge in [-0.1, -0.05) is 19.1 Å². The molecule has 4 heterocycles. The number of aryl methyl sites for hydroxylation is 1. The number of fused-ring (bicyclic) bond motifs is 1. The maximum absolute atomic E-state index is 13.7. The van der Waals surface area contributed by atoms with Crippen LogP contribution in [0.25, 0.3) is 10.7 Å². The van der Waals surface area contributed by atoms with Crippen LogP contribution in [0.15, 0.2) is 17.8 Å². The molecule has 0 saturated carbocycles. The Morgan fingerprint density at radius 3 is 2.50 bits per heavy atom. The van der Waals surface area contributed by atoms with Crippen LogP contribution in [0, 0.1) is 11.8 Å². The summed E-state index contributed by atoms with van der Waals surface area (Å²) in [7, 11) is 8.08. The summed E-state index contributed by atoms with van der Waals surface area (Å²) in [6.45, 7) is 13.6. The van der Waals surface area contributed by atoms with Crippen LogP contribution in [0.5, 0.6) is 0 Å². The van der Waals surface area contributed by atoms with Crippen LogP contribution >= 0.6 is 11.3 Å². The van der Waals surface area contributed by atoms with Gasteiger partial charge in [-0.3, -0.25) is 24.0 Å². The van der Waals surface area contributed by atoms with Gasteiger partial charge in [0.1, 0.15) is 28.5 Å². The number of unbranched alkanes of at least 4 members (excludes halogenated alkanes) is 1. The summed E-state index contributed by atoms with van der Waals surface area (Å²) < 4.78 is 19.7. The fraction of sp³-hybridized carbons (Fsp3) is 0.727. The molecule has 2 aromatic heterocycles. The van der Waals surface area contributed by atoms with Crippen molar-refractivity contribution in [1.29, 1.82) is 0 Å². The number of hydrogen-bond donors (Lipinski definition) is 0. The molecule has 2 aliphatic rings. The first kappa shape index (κ1) is 37.5. The number of nitrogens with zero attached hydrogens (tertiary/aromatic N) is 6. The quantitative estimate of drug-likeness (QED) is 0.171. The van der Waals surface area contributed by atoms with Crippen molar-refractivity contribution >= 4 is 42.9 Å². The summed E-state index contributed by atoms with van der Waals surface area (Å²) >= 11 is 1.49. The highest BCUT2D eigenvalue weighted by Crippen LogP contribution is 2.41. The van der Waals surface area contributed by atoms with Crippen LogP contribution in [-0.4, -0.2) is 111 Å². The molecule has 0 spiro atoms. The second-order valence-electron chi connectivity index (χ2n) is 13.7. The van der Waals surface area contributed by atoms with Gasteiger partial charge in [0, 0.05) is 51.7 Å². The van der Waals surface area contributed by atoms with E-state index in [1.807, 2.05) is 39.3 Å². The summed E-state index contributed by atoms with van der Waals surface area (Å²) in [5, 5.41) is 11.1. The zero-order valence-electron chi connectivity index (χ0n) is 29.4. The lowest BCUT2D eigenvalue weighted by Crippen LogP contribution is -2.62. The Balaban J connectivity index is 1.63. The molecular formula is C33H49BN6O7S. The van der Waals surface area contributed by atoms with E-state index in [-0.39, 0.29) is 24.0 Å². The fourth-order valence-electron chi connectivity index (χ4n) is 7.19. The number of hydrogen-bond acceptors (Lipinski definition) is 11.